The second-order valence-electron chi connectivity index (χ2n) is 4.92. The zero-order chi connectivity index (χ0) is 17.4. The van der Waals surface area contributed by atoms with Gasteiger partial charge >= 0.3 is 11.9 Å². The first-order chi connectivity index (χ1) is 11.6. The Morgan fingerprint density at radius 3 is 2.50 bits per heavy atom. The predicted molar refractivity (Wildman–Crippen MR) is 89.6 cm³/mol. The molecule has 0 saturated heterocycles. The summed E-state index contributed by atoms with van der Waals surface area (Å²) in [6.07, 6.45) is 2.83. The molecule has 0 fully saturated rings. The van der Waals surface area contributed by atoms with Crippen molar-refractivity contribution < 1.29 is 23.8 Å². The maximum Gasteiger partial charge on any atom is 0.330 e. The van der Waals surface area contributed by atoms with Gasteiger partial charge in [-0.25, -0.2) is 4.79 Å². The molecule has 0 heterocycles. The maximum atomic E-state index is 11.3. The zero-order valence-corrected chi connectivity index (χ0v) is 13.5. The summed E-state index contributed by atoms with van der Waals surface area (Å²) in [5, 5.41) is 0. The Balaban J connectivity index is 2.22. The van der Waals surface area contributed by atoms with Crippen LogP contribution in [-0.4, -0.2) is 19.0 Å². The van der Waals surface area contributed by atoms with Crippen molar-refractivity contribution in [1.82, 2.24) is 0 Å². The molecule has 0 aliphatic heterocycles. The third kappa shape index (κ3) is 5.28. The highest BCUT2D eigenvalue weighted by Gasteiger charge is 2.07. The molecule has 0 amide bonds. The molecule has 0 atom stereocenters. The van der Waals surface area contributed by atoms with Gasteiger partial charge in [-0.05, 0) is 29.8 Å². The van der Waals surface area contributed by atoms with Crippen molar-refractivity contribution in [3.05, 3.63) is 65.7 Å². The van der Waals surface area contributed by atoms with E-state index in [1.165, 1.54) is 20.1 Å². The number of ether oxygens (including phenoxy) is 3. The Morgan fingerprint density at radius 1 is 1.08 bits per heavy atom. The minimum absolute atomic E-state index is 0.374. The van der Waals surface area contributed by atoms with Crippen LogP contribution >= 0.6 is 0 Å². The van der Waals surface area contributed by atoms with Crippen molar-refractivity contribution in [3.8, 4) is 11.5 Å². The molecular weight excluding hydrogens is 308 g/mol. The van der Waals surface area contributed by atoms with Crippen molar-refractivity contribution in [2.75, 3.05) is 7.11 Å². The SMILES string of the molecule is COC(=O)/C=C\c1cc(OC(C)=O)ccc1OCc1ccccc1. The standard InChI is InChI=1S/C19H18O5/c1-14(20)24-17-9-10-18(16(12-17)8-11-19(21)22-2)23-13-15-6-4-3-5-7-15/h3-12H,13H2,1-2H3/b11-8-. The lowest BCUT2D eigenvalue weighted by Crippen LogP contribution is -2.02. The van der Waals surface area contributed by atoms with E-state index in [1.54, 1.807) is 24.3 Å². The predicted octanol–water partition coefficient (Wildman–Crippen LogP) is 3.38. The fraction of sp³-hybridized carbons (Fsp3) is 0.158. The maximum absolute atomic E-state index is 11.3. The molecule has 0 saturated carbocycles. The molecule has 0 aliphatic carbocycles. The first-order valence-electron chi connectivity index (χ1n) is 7.33. The number of rotatable bonds is 6. The van der Waals surface area contributed by atoms with Crippen molar-refractivity contribution in [2.45, 2.75) is 13.5 Å². The molecule has 124 valence electrons. The molecule has 0 N–H and O–H groups in total. The van der Waals surface area contributed by atoms with Crippen LogP contribution in [0.15, 0.2) is 54.6 Å². The topological polar surface area (TPSA) is 61.8 Å². The summed E-state index contributed by atoms with van der Waals surface area (Å²) in [6.45, 7) is 1.70. The molecule has 5 nitrogen and oxygen atoms in total. The molecule has 0 radical (unpaired) electrons. The molecule has 5 heteroatoms. The van der Waals surface area contributed by atoms with Crippen LogP contribution in [0.3, 0.4) is 0 Å². The smallest absolute Gasteiger partial charge is 0.330 e. The minimum Gasteiger partial charge on any atom is -0.488 e. The largest absolute Gasteiger partial charge is 0.488 e. The summed E-state index contributed by atoms with van der Waals surface area (Å²) in [4.78, 5) is 22.4. The van der Waals surface area contributed by atoms with Crippen LogP contribution in [-0.2, 0) is 20.9 Å². The highest BCUT2D eigenvalue weighted by atomic mass is 16.5. The van der Waals surface area contributed by atoms with Gasteiger partial charge in [-0.3, -0.25) is 4.79 Å². The van der Waals surface area contributed by atoms with Crippen LogP contribution < -0.4 is 9.47 Å². The van der Waals surface area contributed by atoms with E-state index in [9.17, 15) is 9.59 Å². The quantitative estimate of drug-likeness (QED) is 0.463. The van der Waals surface area contributed by atoms with E-state index in [4.69, 9.17) is 9.47 Å². The van der Waals surface area contributed by atoms with E-state index < -0.39 is 11.9 Å². The molecule has 24 heavy (non-hydrogen) atoms. The van der Waals surface area contributed by atoms with Crippen molar-refractivity contribution in [1.29, 1.82) is 0 Å². The Hall–Kier alpha value is -3.08. The second kappa shape index (κ2) is 8.53. The van der Waals surface area contributed by atoms with Crippen molar-refractivity contribution >= 4 is 18.0 Å². The fourth-order valence-corrected chi connectivity index (χ4v) is 1.98. The van der Waals surface area contributed by atoms with Gasteiger partial charge in [0.1, 0.15) is 18.1 Å². The summed E-state index contributed by atoms with van der Waals surface area (Å²) in [5.41, 5.74) is 1.62. The van der Waals surface area contributed by atoms with Gasteiger partial charge in [0.25, 0.3) is 0 Å². The van der Waals surface area contributed by atoms with Gasteiger partial charge in [0, 0.05) is 18.6 Å². The second-order valence-corrected chi connectivity index (χ2v) is 4.92. The molecule has 2 rings (SSSR count). The Morgan fingerprint density at radius 2 is 1.83 bits per heavy atom. The van der Waals surface area contributed by atoms with E-state index >= 15 is 0 Å². The summed E-state index contributed by atoms with van der Waals surface area (Å²) < 4.78 is 15.5. The van der Waals surface area contributed by atoms with Gasteiger partial charge in [-0.2, -0.15) is 0 Å². The van der Waals surface area contributed by atoms with Crippen LogP contribution in [0.1, 0.15) is 18.1 Å². The number of hydrogen-bond donors (Lipinski definition) is 0. The summed E-state index contributed by atoms with van der Waals surface area (Å²) >= 11 is 0. The number of methoxy groups -OCH3 is 1. The highest BCUT2D eigenvalue weighted by Crippen LogP contribution is 2.26. The minimum atomic E-state index is -0.484. The first kappa shape index (κ1) is 17.3. The van der Waals surface area contributed by atoms with Crippen LogP contribution in [0.4, 0.5) is 0 Å². The average molecular weight is 326 g/mol. The van der Waals surface area contributed by atoms with Gasteiger partial charge in [0.2, 0.25) is 0 Å². The van der Waals surface area contributed by atoms with E-state index in [1.807, 2.05) is 30.3 Å². The van der Waals surface area contributed by atoms with Gasteiger partial charge in [0.15, 0.2) is 0 Å². The van der Waals surface area contributed by atoms with Crippen LogP contribution in [0.25, 0.3) is 6.08 Å². The Labute approximate surface area is 140 Å². The molecule has 0 unspecified atom stereocenters. The number of esters is 2. The van der Waals surface area contributed by atoms with Gasteiger partial charge in [-0.15, -0.1) is 0 Å². The lowest BCUT2D eigenvalue weighted by Gasteiger charge is -2.11. The molecule has 2 aromatic rings. The summed E-state index contributed by atoms with van der Waals surface area (Å²) in [5.74, 6) is 0.0340. The van der Waals surface area contributed by atoms with Gasteiger partial charge in [0.05, 0.1) is 7.11 Å². The monoisotopic (exact) mass is 326 g/mol. The molecule has 2 aromatic carbocycles. The number of carbonyl (C=O) groups is 2. The molecule has 0 aliphatic rings. The normalized spacial score (nSPS) is 10.4. The number of hydrogen-bond acceptors (Lipinski definition) is 5. The van der Waals surface area contributed by atoms with E-state index in [2.05, 4.69) is 4.74 Å². The number of benzene rings is 2. The van der Waals surface area contributed by atoms with E-state index in [-0.39, 0.29) is 0 Å². The Kier molecular flexibility index (Phi) is 6.14. The Bertz CT molecular complexity index is 735. The fourth-order valence-electron chi connectivity index (χ4n) is 1.98. The molecule has 0 aromatic heterocycles. The lowest BCUT2D eigenvalue weighted by molar-refractivity contribution is -0.135. The first-order valence-corrected chi connectivity index (χ1v) is 7.33. The van der Waals surface area contributed by atoms with Gasteiger partial charge < -0.3 is 14.2 Å². The van der Waals surface area contributed by atoms with Crippen LogP contribution in [0.2, 0.25) is 0 Å². The van der Waals surface area contributed by atoms with Crippen molar-refractivity contribution in [3.63, 3.8) is 0 Å². The molecule has 0 spiro atoms. The summed E-state index contributed by atoms with van der Waals surface area (Å²) in [6, 6.07) is 14.7. The molecular formula is C19H18O5. The van der Waals surface area contributed by atoms with E-state index in [0.29, 0.717) is 23.7 Å². The summed E-state index contributed by atoms with van der Waals surface area (Å²) in [7, 11) is 1.30. The molecule has 0 bridgehead atoms. The zero-order valence-electron chi connectivity index (χ0n) is 13.5. The van der Waals surface area contributed by atoms with E-state index in [0.717, 1.165) is 5.56 Å². The van der Waals surface area contributed by atoms with Crippen LogP contribution in [0.5, 0.6) is 11.5 Å². The van der Waals surface area contributed by atoms with Crippen LogP contribution in [0, 0.1) is 0 Å². The third-order valence-corrected chi connectivity index (χ3v) is 3.08. The third-order valence-electron chi connectivity index (χ3n) is 3.08. The average Bonchev–Trinajstić information content (AvgIpc) is 2.59. The van der Waals surface area contributed by atoms with Crippen molar-refractivity contribution in [2.24, 2.45) is 0 Å². The highest BCUT2D eigenvalue weighted by molar-refractivity contribution is 5.87. The lowest BCUT2D eigenvalue weighted by atomic mass is 10.1. The number of carbonyl (C=O) groups excluding carboxylic acids is 2. The van der Waals surface area contributed by atoms with Gasteiger partial charge in [-0.1, -0.05) is 30.3 Å².